The minimum Gasteiger partial charge on any atom is -0.454 e. The fourth-order valence-electron chi connectivity index (χ4n) is 1.88. The van der Waals surface area contributed by atoms with Gasteiger partial charge >= 0.3 is 0 Å². The molecule has 0 saturated carbocycles. The van der Waals surface area contributed by atoms with Gasteiger partial charge in [-0.1, -0.05) is 26.0 Å². The van der Waals surface area contributed by atoms with E-state index in [4.69, 9.17) is 9.84 Å². The molecule has 112 valence electrons. The molecule has 0 bridgehead atoms. The Hall–Kier alpha value is -1.98. The standard InChI is InChI=1S/C16H20N2O3/c1-11(2)16-17-9-15(14(10-20)18-16)21-13-5-3-12(4-6-13)7-8-19/h3-6,9,11,19-20H,7-8,10H2,1-2H3. The normalized spacial score (nSPS) is 10.9. The minimum absolute atomic E-state index is 0.124. The molecule has 0 radical (unpaired) electrons. The lowest BCUT2D eigenvalue weighted by Crippen LogP contribution is -2.03. The van der Waals surface area contributed by atoms with Gasteiger partial charge in [-0.25, -0.2) is 9.97 Å². The summed E-state index contributed by atoms with van der Waals surface area (Å²) in [6.45, 7) is 3.92. The molecule has 1 aromatic heterocycles. The average molecular weight is 288 g/mol. The SMILES string of the molecule is CC(C)c1ncc(Oc2ccc(CCO)cc2)c(CO)n1. The highest BCUT2D eigenvalue weighted by molar-refractivity contribution is 5.34. The topological polar surface area (TPSA) is 75.5 Å². The van der Waals surface area contributed by atoms with Gasteiger partial charge in [0.15, 0.2) is 5.75 Å². The van der Waals surface area contributed by atoms with E-state index in [9.17, 15) is 5.11 Å². The number of rotatable bonds is 6. The van der Waals surface area contributed by atoms with Crippen molar-refractivity contribution >= 4 is 0 Å². The highest BCUT2D eigenvalue weighted by atomic mass is 16.5. The molecule has 0 saturated heterocycles. The fraction of sp³-hybridized carbons (Fsp3) is 0.375. The maximum Gasteiger partial charge on any atom is 0.169 e. The Morgan fingerprint density at radius 3 is 2.43 bits per heavy atom. The van der Waals surface area contributed by atoms with Crippen LogP contribution in [0.15, 0.2) is 30.5 Å². The molecule has 2 rings (SSSR count). The summed E-state index contributed by atoms with van der Waals surface area (Å²) < 4.78 is 5.72. The third-order valence-corrected chi connectivity index (χ3v) is 3.07. The first-order chi connectivity index (χ1) is 10.1. The maximum atomic E-state index is 9.42. The quantitative estimate of drug-likeness (QED) is 0.853. The smallest absolute Gasteiger partial charge is 0.169 e. The van der Waals surface area contributed by atoms with Crippen molar-refractivity contribution in [3.05, 3.63) is 47.5 Å². The molecule has 5 heteroatoms. The van der Waals surface area contributed by atoms with Crippen LogP contribution < -0.4 is 4.74 Å². The van der Waals surface area contributed by atoms with Crippen LogP contribution >= 0.6 is 0 Å². The molecule has 0 atom stereocenters. The van der Waals surface area contributed by atoms with Gasteiger partial charge in [-0.3, -0.25) is 0 Å². The van der Waals surface area contributed by atoms with Crippen molar-refractivity contribution in [2.75, 3.05) is 6.61 Å². The summed E-state index contributed by atoms with van der Waals surface area (Å²) in [5.74, 6) is 1.98. The summed E-state index contributed by atoms with van der Waals surface area (Å²) in [7, 11) is 0. The molecule has 0 fully saturated rings. The van der Waals surface area contributed by atoms with Gasteiger partial charge in [0.25, 0.3) is 0 Å². The Labute approximate surface area is 124 Å². The zero-order valence-electron chi connectivity index (χ0n) is 12.3. The fourth-order valence-corrected chi connectivity index (χ4v) is 1.88. The van der Waals surface area contributed by atoms with E-state index in [1.807, 2.05) is 38.1 Å². The van der Waals surface area contributed by atoms with E-state index in [-0.39, 0.29) is 19.1 Å². The van der Waals surface area contributed by atoms with E-state index in [2.05, 4.69) is 9.97 Å². The second-order valence-electron chi connectivity index (χ2n) is 5.07. The summed E-state index contributed by atoms with van der Waals surface area (Å²) in [6, 6.07) is 7.44. The molecular weight excluding hydrogens is 268 g/mol. The predicted octanol–water partition coefficient (Wildman–Crippen LogP) is 2.42. The van der Waals surface area contributed by atoms with Crippen LogP contribution in [0.25, 0.3) is 0 Å². The first-order valence-corrected chi connectivity index (χ1v) is 6.98. The second kappa shape index (κ2) is 7.15. The largest absolute Gasteiger partial charge is 0.454 e. The second-order valence-corrected chi connectivity index (χ2v) is 5.07. The van der Waals surface area contributed by atoms with Crippen molar-refractivity contribution < 1.29 is 14.9 Å². The predicted molar refractivity (Wildman–Crippen MR) is 79.3 cm³/mol. The van der Waals surface area contributed by atoms with Crippen LogP contribution in [-0.2, 0) is 13.0 Å². The molecule has 1 aromatic carbocycles. The van der Waals surface area contributed by atoms with Gasteiger partial charge in [-0.2, -0.15) is 0 Å². The molecule has 0 aliphatic rings. The van der Waals surface area contributed by atoms with Crippen molar-refractivity contribution in [3.8, 4) is 11.5 Å². The van der Waals surface area contributed by atoms with Crippen molar-refractivity contribution in [3.63, 3.8) is 0 Å². The van der Waals surface area contributed by atoms with Crippen LogP contribution in [0.2, 0.25) is 0 Å². The molecular formula is C16H20N2O3. The molecule has 1 heterocycles. The number of hydrogen-bond acceptors (Lipinski definition) is 5. The van der Waals surface area contributed by atoms with Gasteiger partial charge < -0.3 is 14.9 Å². The number of aliphatic hydroxyl groups excluding tert-OH is 2. The Morgan fingerprint density at radius 1 is 1.14 bits per heavy atom. The first kappa shape index (κ1) is 15.4. The number of nitrogens with zero attached hydrogens (tertiary/aromatic N) is 2. The molecule has 0 amide bonds. The van der Waals surface area contributed by atoms with Gasteiger partial charge in [-0.05, 0) is 24.1 Å². The molecule has 5 nitrogen and oxygen atoms in total. The number of hydrogen-bond donors (Lipinski definition) is 2. The van der Waals surface area contributed by atoms with Crippen molar-refractivity contribution in [2.24, 2.45) is 0 Å². The molecule has 21 heavy (non-hydrogen) atoms. The zero-order valence-corrected chi connectivity index (χ0v) is 12.3. The van der Waals surface area contributed by atoms with Crippen LogP contribution in [0.5, 0.6) is 11.5 Å². The van der Waals surface area contributed by atoms with Crippen molar-refractivity contribution in [2.45, 2.75) is 32.8 Å². The monoisotopic (exact) mass is 288 g/mol. The minimum atomic E-state index is -0.194. The van der Waals surface area contributed by atoms with Gasteiger partial charge in [-0.15, -0.1) is 0 Å². The average Bonchev–Trinajstić information content (AvgIpc) is 2.49. The highest BCUT2D eigenvalue weighted by Gasteiger charge is 2.11. The lowest BCUT2D eigenvalue weighted by atomic mass is 10.1. The Morgan fingerprint density at radius 2 is 1.86 bits per heavy atom. The molecule has 0 aliphatic carbocycles. The third-order valence-electron chi connectivity index (χ3n) is 3.07. The van der Waals surface area contributed by atoms with E-state index in [0.717, 1.165) is 5.56 Å². The lowest BCUT2D eigenvalue weighted by molar-refractivity contribution is 0.269. The number of aromatic nitrogens is 2. The maximum absolute atomic E-state index is 9.42. The Kier molecular flexibility index (Phi) is 5.25. The van der Waals surface area contributed by atoms with Gasteiger partial charge in [0.05, 0.1) is 12.8 Å². The van der Waals surface area contributed by atoms with E-state index in [0.29, 0.717) is 29.4 Å². The van der Waals surface area contributed by atoms with Gasteiger partial charge in [0.2, 0.25) is 0 Å². The van der Waals surface area contributed by atoms with Gasteiger partial charge in [0.1, 0.15) is 17.3 Å². The molecule has 0 spiro atoms. The van der Waals surface area contributed by atoms with Crippen LogP contribution in [0.1, 0.15) is 36.8 Å². The van der Waals surface area contributed by atoms with Crippen LogP contribution in [0.4, 0.5) is 0 Å². The molecule has 2 N–H and O–H groups in total. The summed E-state index contributed by atoms with van der Waals surface area (Å²) in [5.41, 5.74) is 1.52. The van der Waals surface area contributed by atoms with Crippen molar-refractivity contribution in [1.29, 1.82) is 0 Å². The summed E-state index contributed by atoms with van der Waals surface area (Å²) in [4.78, 5) is 8.56. The third kappa shape index (κ3) is 4.00. The van der Waals surface area contributed by atoms with E-state index < -0.39 is 0 Å². The molecule has 0 aliphatic heterocycles. The van der Waals surface area contributed by atoms with Gasteiger partial charge in [0, 0.05) is 12.5 Å². The summed E-state index contributed by atoms with van der Waals surface area (Å²) >= 11 is 0. The van der Waals surface area contributed by atoms with E-state index in [1.165, 1.54) is 0 Å². The highest BCUT2D eigenvalue weighted by Crippen LogP contribution is 2.25. The molecule has 0 unspecified atom stereocenters. The summed E-state index contributed by atoms with van der Waals surface area (Å²) in [6.07, 6.45) is 2.21. The van der Waals surface area contributed by atoms with E-state index in [1.54, 1.807) is 6.20 Å². The molecule has 2 aromatic rings. The lowest BCUT2D eigenvalue weighted by Gasteiger charge is -2.11. The number of ether oxygens (including phenoxy) is 1. The summed E-state index contributed by atoms with van der Waals surface area (Å²) in [5, 5.41) is 18.3. The Bertz CT molecular complexity index is 583. The number of benzene rings is 1. The Balaban J connectivity index is 2.18. The first-order valence-electron chi connectivity index (χ1n) is 6.98. The van der Waals surface area contributed by atoms with Crippen LogP contribution in [0.3, 0.4) is 0 Å². The number of aliphatic hydroxyl groups is 2. The van der Waals surface area contributed by atoms with Crippen LogP contribution in [-0.4, -0.2) is 26.8 Å². The van der Waals surface area contributed by atoms with E-state index >= 15 is 0 Å². The van der Waals surface area contributed by atoms with Crippen LogP contribution in [0, 0.1) is 0 Å². The van der Waals surface area contributed by atoms with Crippen molar-refractivity contribution in [1.82, 2.24) is 9.97 Å². The zero-order chi connectivity index (χ0) is 15.2.